The summed E-state index contributed by atoms with van der Waals surface area (Å²) in [5.74, 6) is -0.383. The predicted octanol–water partition coefficient (Wildman–Crippen LogP) is 4.21. The fourth-order valence-corrected chi connectivity index (χ4v) is 3.16. The van der Waals surface area contributed by atoms with Crippen LogP contribution in [0.25, 0.3) is 16.7 Å². The van der Waals surface area contributed by atoms with Crippen LogP contribution in [0.2, 0.25) is 0 Å². The zero-order valence-corrected chi connectivity index (χ0v) is 17.1. The van der Waals surface area contributed by atoms with Gasteiger partial charge >= 0.3 is 5.69 Å². The van der Waals surface area contributed by atoms with Gasteiger partial charge in [0.2, 0.25) is 0 Å². The zero-order valence-electron chi connectivity index (χ0n) is 17.1. The Morgan fingerprint density at radius 2 is 1.71 bits per heavy atom. The van der Waals surface area contributed by atoms with Crippen LogP contribution in [-0.4, -0.2) is 32.9 Å². The van der Waals surface area contributed by atoms with Gasteiger partial charge in [0.1, 0.15) is 11.0 Å². The van der Waals surface area contributed by atoms with E-state index in [9.17, 15) is 14.9 Å². The summed E-state index contributed by atoms with van der Waals surface area (Å²) in [6.07, 6.45) is 0. The highest BCUT2D eigenvalue weighted by molar-refractivity contribution is 6.06. The van der Waals surface area contributed by atoms with Crippen molar-refractivity contribution in [2.75, 3.05) is 12.4 Å². The molecule has 0 fully saturated rings. The Morgan fingerprint density at radius 1 is 1.03 bits per heavy atom. The van der Waals surface area contributed by atoms with Crippen LogP contribution in [0, 0.1) is 24.0 Å². The summed E-state index contributed by atoms with van der Waals surface area (Å²) in [4.78, 5) is 24.9. The molecule has 0 saturated carbocycles. The summed E-state index contributed by atoms with van der Waals surface area (Å²) < 4.78 is 4.98. The first-order valence-electron chi connectivity index (χ1n) is 9.44. The number of carbonyl (C=O) groups excluding carboxylic acids is 1. The van der Waals surface area contributed by atoms with Crippen LogP contribution in [-0.2, 0) is 0 Å². The van der Waals surface area contributed by atoms with Gasteiger partial charge < -0.3 is 10.1 Å². The zero-order chi connectivity index (χ0) is 22.1. The van der Waals surface area contributed by atoms with Gasteiger partial charge in [-0.2, -0.15) is 4.80 Å². The molecular weight excluding hydrogens is 398 g/mol. The van der Waals surface area contributed by atoms with Gasteiger partial charge in [0.15, 0.2) is 5.75 Å². The molecule has 9 nitrogen and oxygen atoms in total. The largest absolute Gasteiger partial charge is 0.490 e. The Bertz CT molecular complexity index is 1310. The van der Waals surface area contributed by atoms with Crippen LogP contribution in [0.3, 0.4) is 0 Å². The molecule has 0 radical (unpaired) electrons. The van der Waals surface area contributed by atoms with Crippen LogP contribution in [0.4, 0.5) is 11.4 Å². The SMILES string of the molecule is COc1ccc(C(=O)Nc2cc3nn(-c4ccc(C)cc4)nc3cc2C)cc1[N+](=O)[O-]. The van der Waals surface area contributed by atoms with Gasteiger partial charge in [-0.05, 0) is 55.8 Å². The highest BCUT2D eigenvalue weighted by Crippen LogP contribution is 2.28. The lowest BCUT2D eigenvalue weighted by Crippen LogP contribution is -2.13. The van der Waals surface area contributed by atoms with E-state index in [0.29, 0.717) is 16.7 Å². The van der Waals surface area contributed by atoms with E-state index >= 15 is 0 Å². The van der Waals surface area contributed by atoms with E-state index in [1.54, 1.807) is 10.9 Å². The van der Waals surface area contributed by atoms with Gasteiger partial charge in [-0.3, -0.25) is 14.9 Å². The smallest absolute Gasteiger partial charge is 0.311 e. The Morgan fingerprint density at radius 3 is 2.35 bits per heavy atom. The van der Waals surface area contributed by atoms with Gasteiger partial charge in [-0.25, -0.2) is 0 Å². The monoisotopic (exact) mass is 417 g/mol. The number of nitro groups is 1. The molecule has 3 aromatic carbocycles. The fourth-order valence-electron chi connectivity index (χ4n) is 3.16. The van der Waals surface area contributed by atoms with Crippen molar-refractivity contribution in [3.63, 3.8) is 0 Å². The molecule has 0 unspecified atom stereocenters. The molecule has 31 heavy (non-hydrogen) atoms. The number of hydrogen-bond donors (Lipinski definition) is 1. The van der Waals surface area contributed by atoms with E-state index < -0.39 is 10.8 Å². The number of anilines is 1. The molecule has 4 aromatic rings. The van der Waals surface area contributed by atoms with Crippen molar-refractivity contribution >= 4 is 28.3 Å². The molecule has 1 heterocycles. The molecular formula is C22H19N5O4. The molecule has 1 aromatic heterocycles. The summed E-state index contributed by atoms with van der Waals surface area (Å²) >= 11 is 0. The maximum Gasteiger partial charge on any atom is 0.311 e. The number of hydrogen-bond acceptors (Lipinski definition) is 6. The number of benzene rings is 3. The van der Waals surface area contributed by atoms with Crippen LogP contribution >= 0.6 is 0 Å². The number of amides is 1. The summed E-state index contributed by atoms with van der Waals surface area (Å²) in [6.45, 7) is 3.85. The molecule has 1 amide bonds. The molecule has 1 N–H and O–H groups in total. The van der Waals surface area contributed by atoms with Gasteiger partial charge in [0, 0.05) is 17.3 Å². The molecule has 0 aliphatic heterocycles. The summed E-state index contributed by atoms with van der Waals surface area (Å²) in [5.41, 5.74) is 4.49. The number of fused-ring (bicyclic) bond motifs is 1. The van der Waals surface area contributed by atoms with Gasteiger partial charge in [0.25, 0.3) is 5.91 Å². The number of nitrogens with zero attached hydrogens (tertiary/aromatic N) is 4. The summed E-state index contributed by atoms with van der Waals surface area (Å²) in [6, 6.07) is 15.5. The quantitative estimate of drug-likeness (QED) is 0.385. The lowest BCUT2D eigenvalue weighted by molar-refractivity contribution is -0.385. The summed E-state index contributed by atoms with van der Waals surface area (Å²) in [5, 5.41) is 23.0. The van der Waals surface area contributed by atoms with Crippen molar-refractivity contribution in [1.82, 2.24) is 15.0 Å². The number of aromatic nitrogens is 3. The molecule has 9 heteroatoms. The molecule has 0 spiro atoms. The molecule has 0 aliphatic carbocycles. The van der Waals surface area contributed by atoms with Gasteiger partial charge in [-0.1, -0.05) is 17.7 Å². The van der Waals surface area contributed by atoms with Gasteiger partial charge in [0.05, 0.1) is 17.7 Å². The first kappa shape index (κ1) is 20.0. The van der Waals surface area contributed by atoms with Crippen molar-refractivity contribution < 1.29 is 14.5 Å². The summed E-state index contributed by atoms with van der Waals surface area (Å²) in [7, 11) is 1.34. The molecule has 156 valence electrons. The van der Waals surface area contributed by atoms with E-state index in [2.05, 4.69) is 15.5 Å². The molecule has 0 aliphatic rings. The Hall–Kier alpha value is -4.27. The van der Waals surface area contributed by atoms with Crippen molar-refractivity contribution in [2.45, 2.75) is 13.8 Å². The third-order valence-electron chi connectivity index (χ3n) is 4.88. The number of ether oxygens (including phenoxy) is 1. The minimum Gasteiger partial charge on any atom is -0.490 e. The third kappa shape index (κ3) is 3.93. The number of rotatable bonds is 5. The second kappa shape index (κ2) is 7.86. The molecule has 4 rings (SSSR count). The second-order valence-electron chi connectivity index (χ2n) is 7.08. The minimum atomic E-state index is -0.587. The minimum absolute atomic E-state index is 0.0897. The lowest BCUT2D eigenvalue weighted by Gasteiger charge is -2.09. The van der Waals surface area contributed by atoms with Crippen molar-refractivity contribution in [3.05, 3.63) is 81.4 Å². The highest BCUT2D eigenvalue weighted by atomic mass is 16.6. The van der Waals surface area contributed by atoms with E-state index in [0.717, 1.165) is 16.8 Å². The van der Waals surface area contributed by atoms with E-state index in [-0.39, 0.29) is 17.0 Å². The lowest BCUT2D eigenvalue weighted by atomic mass is 10.1. The van der Waals surface area contributed by atoms with Crippen LogP contribution in [0.5, 0.6) is 5.75 Å². The van der Waals surface area contributed by atoms with Crippen molar-refractivity contribution in [3.8, 4) is 11.4 Å². The maximum atomic E-state index is 12.7. The predicted molar refractivity (Wildman–Crippen MR) is 116 cm³/mol. The maximum absolute atomic E-state index is 12.7. The number of nitrogens with one attached hydrogen (secondary N) is 1. The van der Waals surface area contributed by atoms with Crippen molar-refractivity contribution in [1.29, 1.82) is 0 Å². The Labute approximate surface area is 177 Å². The first-order chi connectivity index (χ1) is 14.9. The van der Waals surface area contributed by atoms with Gasteiger partial charge in [-0.15, -0.1) is 10.2 Å². The van der Waals surface area contributed by atoms with E-state index in [1.807, 2.05) is 44.2 Å². The third-order valence-corrected chi connectivity index (χ3v) is 4.88. The topological polar surface area (TPSA) is 112 Å². The second-order valence-corrected chi connectivity index (χ2v) is 7.08. The highest BCUT2D eigenvalue weighted by Gasteiger charge is 2.19. The fraction of sp³-hybridized carbons (Fsp3) is 0.136. The number of aryl methyl sites for hydroxylation is 2. The number of methoxy groups -OCH3 is 1. The Kier molecular flexibility index (Phi) is 5.08. The molecule has 0 saturated heterocycles. The number of carbonyl (C=O) groups is 1. The average molecular weight is 417 g/mol. The number of nitro benzene ring substituents is 1. The van der Waals surface area contributed by atoms with E-state index in [4.69, 9.17) is 4.74 Å². The Balaban J connectivity index is 1.64. The normalized spacial score (nSPS) is 10.8. The van der Waals surface area contributed by atoms with Crippen LogP contribution in [0.1, 0.15) is 21.5 Å². The van der Waals surface area contributed by atoms with Crippen LogP contribution in [0.15, 0.2) is 54.6 Å². The van der Waals surface area contributed by atoms with Crippen LogP contribution < -0.4 is 10.1 Å². The first-order valence-corrected chi connectivity index (χ1v) is 9.44. The standard InChI is InChI=1S/C22H19N5O4/c1-13-4-7-16(8-5-13)26-24-18-10-14(2)17(12-19(18)25-26)23-22(28)15-6-9-21(31-3)20(11-15)27(29)30/h4-12H,1-3H3,(H,23,28). The average Bonchev–Trinajstić information content (AvgIpc) is 3.16. The molecule has 0 atom stereocenters. The van der Waals surface area contributed by atoms with E-state index in [1.165, 1.54) is 25.3 Å². The molecule has 0 bridgehead atoms. The van der Waals surface area contributed by atoms with Crippen molar-refractivity contribution in [2.24, 2.45) is 0 Å².